The largest absolute Gasteiger partial charge is 0.481 e. The Balaban J connectivity index is 2.15. The van der Waals surface area contributed by atoms with Crippen molar-refractivity contribution in [2.45, 2.75) is 32.7 Å². The molecular weight excluding hydrogens is 208 g/mol. The summed E-state index contributed by atoms with van der Waals surface area (Å²) in [5.41, 5.74) is 0.848. The number of rotatable bonds is 2. The first-order chi connectivity index (χ1) is 7.58. The number of carboxylic acid groups (broad SMARTS) is 1. The maximum absolute atomic E-state index is 10.9. The molecule has 1 fully saturated rings. The summed E-state index contributed by atoms with van der Waals surface area (Å²) < 4.78 is 5.52. The maximum Gasteiger partial charge on any atom is 0.306 e. The first-order valence-corrected chi connectivity index (χ1v) is 5.48. The van der Waals surface area contributed by atoms with Crippen LogP contribution in [-0.2, 0) is 4.79 Å². The van der Waals surface area contributed by atoms with E-state index in [4.69, 9.17) is 9.52 Å². The summed E-state index contributed by atoms with van der Waals surface area (Å²) in [6.45, 7) is 4.40. The van der Waals surface area contributed by atoms with Crippen molar-refractivity contribution in [2.24, 2.45) is 5.92 Å². The van der Waals surface area contributed by atoms with Crippen molar-refractivity contribution in [3.05, 3.63) is 17.3 Å². The van der Waals surface area contributed by atoms with Crippen LogP contribution < -0.4 is 5.32 Å². The molecule has 88 valence electrons. The summed E-state index contributed by atoms with van der Waals surface area (Å²) in [4.78, 5) is 15.1. The first kappa shape index (κ1) is 11.1. The SMILES string of the molecule is Cc1nc(C)c(C2CC(C(=O)O)CCN2)o1. The van der Waals surface area contributed by atoms with E-state index >= 15 is 0 Å². The van der Waals surface area contributed by atoms with Gasteiger partial charge in [-0.05, 0) is 26.3 Å². The summed E-state index contributed by atoms with van der Waals surface area (Å²) in [5.74, 6) is 0.409. The van der Waals surface area contributed by atoms with Gasteiger partial charge in [-0.2, -0.15) is 0 Å². The van der Waals surface area contributed by atoms with Crippen molar-refractivity contribution >= 4 is 5.97 Å². The molecule has 1 aromatic rings. The second-order valence-corrected chi connectivity index (χ2v) is 4.25. The lowest BCUT2D eigenvalue weighted by Crippen LogP contribution is -2.35. The first-order valence-electron chi connectivity index (χ1n) is 5.48. The number of carbonyl (C=O) groups is 1. The Morgan fingerprint density at radius 2 is 2.31 bits per heavy atom. The van der Waals surface area contributed by atoms with Gasteiger partial charge in [-0.3, -0.25) is 4.79 Å². The number of aryl methyl sites for hydroxylation is 2. The van der Waals surface area contributed by atoms with E-state index < -0.39 is 5.97 Å². The molecule has 0 saturated carbocycles. The predicted octanol–water partition coefficient (Wildman–Crippen LogP) is 1.42. The second-order valence-electron chi connectivity index (χ2n) is 4.25. The minimum Gasteiger partial charge on any atom is -0.481 e. The fourth-order valence-corrected chi connectivity index (χ4v) is 2.21. The lowest BCUT2D eigenvalue weighted by molar-refractivity contribution is -0.143. The molecule has 0 spiro atoms. The molecule has 1 aliphatic rings. The van der Waals surface area contributed by atoms with Crippen LogP contribution in [0.3, 0.4) is 0 Å². The Hall–Kier alpha value is -1.36. The van der Waals surface area contributed by atoms with E-state index in [1.54, 1.807) is 6.92 Å². The third-order valence-electron chi connectivity index (χ3n) is 3.01. The number of nitrogens with one attached hydrogen (secondary N) is 1. The van der Waals surface area contributed by atoms with Crippen LogP contribution >= 0.6 is 0 Å². The van der Waals surface area contributed by atoms with Crippen molar-refractivity contribution < 1.29 is 14.3 Å². The van der Waals surface area contributed by atoms with E-state index in [0.29, 0.717) is 25.3 Å². The van der Waals surface area contributed by atoms with Crippen molar-refractivity contribution in [3.8, 4) is 0 Å². The summed E-state index contributed by atoms with van der Waals surface area (Å²) in [6, 6.07) is -0.0175. The summed E-state index contributed by atoms with van der Waals surface area (Å²) in [7, 11) is 0. The maximum atomic E-state index is 10.9. The van der Waals surface area contributed by atoms with Gasteiger partial charge >= 0.3 is 5.97 Å². The number of hydrogen-bond acceptors (Lipinski definition) is 4. The minimum atomic E-state index is -0.722. The smallest absolute Gasteiger partial charge is 0.306 e. The summed E-state index contributed by atoms with van der Waals surface area (Å²) >= 11 is 0. The highest BCUT2D eigenvalue weighted by molar-refractivity contribution is 5.70. The third-order valence-corrected chi connectivity index (χ3v) is 3.01. The number of aromatic nitrogens is 1. The highest BCUT2D eigenvalue weighted by Crippen LogP contribution is 2.29. The van der Waals surface area contributed by atoms with Gasteiger partial charge < -0.3 is 14.8 Å². The van der Waals surface area contributed by atoms with Gasteiger partial charge in [-0.15, -0.1) is 0 Å². The average Bonchev–Trinajstić information content (AvgIpc) is 2.58. The Bertz CT molecular complexity index is 400. The van der Waals surface area contributed by atoms with Crippen LogP contribution in [-0.4, -0.2) is 22.6 Å². The Morgan fingerprint density at radius 3 is 2.88 bits per heavy atom. The van der Waals surface area contributed by atoms with Crippen molar-refractivity contribution in [2.75, 3.05) is 6.54 Å². The van der Waals surface area contributed by atoms with Gasteiger partial charge in [0.1, 0.15) is 5.76 Å². The average molecular weight is 224 g/mol. The van der Waals surface area contributed by atoms with E-state index in [1.807, 2.05) is 6.92 Å². The zero-order valence-electron chi connectivity index (χ0n) is 9.49. The summed E-state index contributed by atoms with van der Waals surface area (Å²) in [6.07, 6.45) is 1.25. The molecule has 0 aromatic carbocycles. The minimum absolute atomic E-state index is 0.0175. The van der Waals surface area contributed by atoms with Gasteiger partial charge in [0.15, 0.2) is 5.89 Å². The quantitative estimate of drug-likeness (QED) is 0.794. The fraction of sp³-hybridized carbons (Fsp3) is 0.636. The van der Waals surface area contributed by atoms with Crippen LogP contribution in [0.1, 0.15) is 36.2 Å². The van der Waals surface area contributed by atoms with Gasteiger partial charge in [0.2, 0.25) is 0 Å². The van der Waals surface area contributed by atoms with Crippen LogP contribution in [0.15, 0.2) is 4.42 Å². The van der Waals surface area contributed by atoms with Gasteiger partial charge in [0.25, 0.3) is 0 Å². The van der Waals surface area contributed by atoms with Crippen LogP contribution in [0.5, 0.6) is 0 Å². The number of oxazole rings is 1. The van der Waals surface area contributed by atoms with Gasteiger partial charge in [-0.25, -0.2) is 4.98 Å². The highest BCUT2D eigenvalue weighted by atomic mass is 16.4. The van der Waals surface area contributed by atoms with E-state index in [1.165, 1.54) is 0 Å². The third kappa shape index (κ3) is 2.09. The molecule has 1 saturated heterocycles. The molecule has 2 unspecified atom stereocenters. The molecule has 5 heteroatoms. The van der Waals surface area contributed by atoms with E-state index in [2.05, 4.69) is 10.3 Å². The van der Waals surface area contributed by atoms with Gasteiger partial charge in [0, 0.05) is 6.92 Å². The van der Waals surface area contributed by atoms with Gasteiger partial charge in [0.05, 0.1) is 17.7 Å². The van der Waals surface area contributed by atoms with Gasteiger partial charge in [-0.1, -0.05) is 0 Å². The molecule has 0 amide bonds. The molecule has 2 rings (SSSR count). The van der Waals surface area contributed by atoms with Crippen molar-refractivity contribution in [1.82, 2.24) is 10.3 Å². The number of piperidine rings is 1. The molecule has 2 heterocycles. The number of nitrogens with zero attached hydrogens (tertiary/aromatic N) is 1. The fourth-order valence-electron chi connectivity index (χ4n) is 2.21. The molecule has 1 aliphatic heterocycles. The van der Waals surface area contributed by atoms with E-state index in [9.17, 15) is 4.79 Å². The standard InChI is InChI=1S/C11H16N2O3/c1-6-10(16-7(2)13-6)9-5-8(11(14)15)3-4-12-9/h8-9,12H,3-5H2,1-2H3,(H,14,15). The molecule has 0 radical (unpaired) electrons. The molecular formula is C11H16N2O3. The Morgan fingerprint density at radius 1 is 1.56 bits per heavy atom. The highest BCUT2D eigenvalue weighted by Gasteiger charge is 2.30. The number of hydrogen-bond donors (Lipinski definition) is 2. The lowest BCUT2D eigenvalue weighted by Gasteiger charge is -2.26. The summed E-state index contributed by atoms with van der Waals surface area (Å²) in [5, 5.41) is 12.3. The molecule has 2 N–H and O–H groups in total. The van der Waals surface area contributed by atoms with E-state index in [0.717, 1.165) is 11.5 Å². The van der Waals surface area contributed by atoms with Crippen molar-refractivity contribution in [1.29, 1.82) is 0 Å². The Labute approximate surface area is 93.9 Å². The molecule has 0 aliphatic carbocycles. The van der Waals surface area contributed by atoms with E-state index in [-0.39, 0.29) is 12.0 Å². The number of carboxylic acids is 1. The molecule has 2 atom stereocenters. The van der Waals surface area contributed by atoms with Crippen molar-refractivity contribution in [3.63, 3.8) is 0 Å². The molecule has 0 bridgehead atoms. The predicted molar refractivity (Wildman–Crippen MR) is 57.1 cm³/mol. The second kappa shape index (κ2) is 4.25. The van der Waals surface area contributed by atoms with Crippen LogP contribution in [0.25, 0.3) is 0 Å². The monoisotopic (exact) mass is 224 g/mol. The molecule has 16 heavy (non-hydrogen) atoms. The normalized spacial score (nSPS) is 25.6. The number of aliphatic carboxylic acids is 1. The topological polar surface area (TPSA) is 75.4 Å². The van der Waals surface area contributed by atoms with Crippen LogP contribution in [0, 0.1) is 19.8 Å². The lowest BCUT2D eigenvalue weighted by atomic mass is 9.91. The Kier molecular flexibility index (Phi) is 2.96. The molecule has 5 nitrogen and oxygen atoms in total. The molecule has 1 aromatic heterocycles. The zero-order valence-corrected chi connectivity index (χ0v) is 9.49. The van der Waals surface area contributed by atoms with Crippen LogP contribution in [0.2, 0.25) is 0 Å². The zero-order chi connectivity index (χ0) is 11.7. The van der Waals surface area contributed by atoms with Crippen LogP contribution in [0.4, 0.5) is 0 Å².